The Bertz CT molecular complexity index is 449. The summed E-state index contributed by atoms with van der Waals surface area (Å²) in [4.78, 5) is 23.6. The second-order valence-corrected chi connectivity index (χ2v) is 7.12. The predicted octanol–water partition coefficient (Wildman–Crippen LogP) is 1.72. The molecule has 1 unspecified atom stereocenters. The van der Waals surface area contributed by atoms with Crippen LogP contribution in [0.5, 0.6) is 0 Å². The van der Waals surface area contributed by atoms with E-state index in [0.717, 1.165) is 12.1 Å². The molecule has 0 spiro atoms. The first kappa shape index (κ1) is 13.1. The quantitative estimate of drug-likeness (QED) is 0.744. The zero-order chi connectivity index (χ0) is 13.8. The number of hydrogen-bond acceptors (Lipinski definition) is 2. The van der Waals surface area contributed by atoms with Crippen molar-refractivity contribution in [2.45, 2.75) is 53.0 Å². The second-order valence-electron chi connectivity index (χ2n) is 7.12. The number of amides is 2. The van der Waals surface area contributed by atoms with Gasteiger partial charge in [0.15, 0.2) is 0 Å². The monoisotopic (exact) mass is 250 g/mol. The molecule has 2 amide bonds. The molecule has 0 saturated carbocycles. The van der Waals surface area contributed by atoms with Crippen molar-refractivity contribution < 1.29 is 9.59 Å². The maximum atomic E-state index is 11.8. The molecule has 4 nitrogen and oxygen atoms in total. The number of carbonyl (C=O) groups excluding carboxylic acids is 2. The Hall–Kier alpha value is -1.32. The maximum absolute atomic E-state index is 11.8. The number of nitrogens with one attached hydrogen (secondary N) is 2. The van der Waals surface area contributed by atoms with Crippen LogP contribution in [-0.2, 0) is 9.59 Å². The number of hydrogen-bond donors (Lipinski definition) is 2. The first-order chi connectivity index (χ1) is 8.04. The summed E-state index contributed by atoms with van der Waals surface area (Å²) in [6, 6.07) is 0. The summed E-state index contributed by atoms with van der Waals surface area (Å²) < 4.78 is 0. The molecule has 0 aromatic heterocycles. The van der Waals surface area contributed by atoms with Crippen LogP contribution in [-0.4, -0.2) is 17.4 Å². The van der Waals surface area contributed by atoms with Crippen LogP contribution in [0.4, 0.5) is 0 Å². The molecule has 0 radical (unpaired) electrons. The average molecular weight is 250 g/mol. The molecule has 0 bridgehead atoms. The topological polar surface area (TPSA) is 58.2 Å². The lowest BCUT2D eigenvalue weighted by Gasteiger charge is -2.21. The van der Waals surface area contributed by atoms with Gasteiger partial charge >= 0.3 is 0 Å². The number of carbonyl (C=O) groups is 2. The SMILES string of the molecule is CC1(C=C2CC(C)(C)C(=O)N2)CC(C)(C)C(=O)N1. The van der Waals surface area contributed by atoms with E-state index in [0.29, 0.717) is 6.42 Å². The lowest BCUT2D eigenvalue weighted by atomic mass is 9.83. The molecular weight excluding hydrogens is 228 g/mol. The highest BCUT2D eigenvalue weighted by molar-refractivity contribution is 5.87. The van der Waals surface area contributed by atoms with Crippen LogP contribution < -0.4 is 10.6 Å². The molecule has 2 aliphatic rings. The van der Waals surface area contributed by atoms with E-state index in [-0.39, 0.29) is 28.2 Å². The third-order valence-corrected chi connectivity index (χ3v) is 3.84. The smallest absolute Gasteiger partial charge is 0.230 e. The highest BCUT2D eigenvalue weighted by atomic mass is 16.2. The van der Waals surface area contributed by atoms with Crippen molar-refractivity contribution in [3.05, 3.63) is 11.8 Å². The summed E-state index contributed by atoms with van der Waals surface area (Å²) in [5.41, 5.74) is -0.126. The normalized spacial score (nSPS) is 35.7. The third-order valence-electron chi connectivity index (χ3n) is 3.84. The Balaban J connectivity index is 2.21. The zero-order valence-electron chi connectivity index (χ0n) is 11.8. The van der Waals surface area contributed by atoms with Crippen molar-refractivity contribution >= 4 is 11.8 Å². The van der Waals surface area contributed by atoms with E-state index >= 15 is 0 Å². The van der Waals surface area contributed by atoms with Crippen LogP contribution in [0, 0.1) is 10.8 Å². The zero-order valence-corrected chi connectivity index (χ0v) is 11.8. The molecule has 100 valence electrons. The minimum atomic E-state index is -0.358. The summed E-state index contributed by atoms with van der Waals surface area (Å²) in [5.74, 6) is 0.131. The van der Waals surface area contributed by atoms with E-state index < -0.39 is 0 Å². The van der Waals surface area contributed by atoms with Gasteiger partial charge in [-0.1, -0.05) is 27.7 Å². The molecule has 1 atom stereocenters. The molecule has 0 aromatic rings. The van der Waals surface area contributed by atoms with Gasteiger partial charge in [-0.2, -0.15) is 0 Å². The van der Waals surface area contributed by atoms with Crippen molar-refractivity contribution in [3.63, 3.8) is 0 Å². The number of rotatable bonds is 1. The van der Waals surface area contributed by atoms with Crippen LogP contribution >= 0.6 is 0 Å². The molecule has 4 heteroatoms. The minimum Gasteiger partial charge on any atom is -0.347 e. The summed E-state index contributed by atoms with van der Waals surface area (Å²) in [6.45, 7) is 9.77. The van der Waals surface area contributed by atoms with E-state index in [1.807, 2.05) is 40.7 Å². The predicted molar refractivity (Wildman–Crippen MR) is 69.6 cm³/mol. The molecule has 2 saturated heterocycles. The molecule has 2 heterocycles. The third kappa shape index (κ3) is 2.16. The summed E-state index contributed by atoms with van der Waals surface area (Å²) >= 11 is 0. The van der Waals surface area contributed by atoms with E-state index in [9.17, 15) is 9.59 Å². The van der Waals surface area contributed by atoms with E-state index in [1.54, 1.807) is 0 Å². The van der Waals surface area contributed by atoms with Gasteiger partial charge in [0, 0.05) is 22.9 Å². The van der Waals surface area contributed by atoms with Gasteiger partial charge in [0.05, 0.1) is 5.54 Å². The van der Waals surface area contributed by atoms with Gasteiger partial charge in [-0.25, -0.2) is 0 Å². The van der Waals surface area contributed by atoms with Crippen LogP contribution in [0.15, 0.2) is 11.8 Å². The fourth-order valence-electron chi connectivity index (χ4n) is 2.95. The van der Waals surface area contributed by atoms with Crippen LogP contribution in [0.25, 0.3) is 0 Å². The molecule has 2 fully saturated rings. The van der Waals surface area contributed by atoms with Crippen molar-refractivity contribution in [1.82, 2.24) is 10.6 Å². The molecule has 2 aliphatic heterocycles. The molecule has 0 aliphatic carbocycles. The van der Waals surface area contributed by atoms with Crippen molar-refractivity contribution in [3.8, 4) is 0 Å². The standard InChI is InChI=1S/C14H22N2O2/c1-12(2)6-9(15-10(12)17)7-14(5)8-13(3,4)11(18)16-14/h7H,6,8H2,1-5H3,(H,15,17)(H,16,18). The molecule has 18 heavy (non-hydrogen) atoms. The van der Waals surface area contributed by atoms with Gasteiger partial charge in [0.2, 0.25) is 11.8 Å². The lowest BCUT2D eigenvalue weighted by molar-refractivity contribution is -0.126. The van der Waals surface area contributed by atoms with Gasteiger partial charge in [-0.05, 0) is 19.4 Å². The van der Waals surface area contributed by atoms with Crippen LogP contribution in [0.1, 0.15) is 47.5 Å². The largest absolute Gasteiger partial charge is 0.347 e. The Labute approximate surface area is 108 Å². The van der Waals surface area contributed by atoms with E-state index in [4.69, 9.17) is 0 Å². The van der Waals surface area contributed by atoms with Gasteiger partial charge in [-0.3, -0.25) is 9.59 Å². The van der Waals surface area contributed by atoms with Gasteiger partial charge in [-0.15, -0.1) is 0 Å². The summed E-state index contributed by atoms with van der Waals surface area (Å²) in [5, 5.41) is 5.93. The van der Waals surface area contributed by atoms with Crippen LogP contribution in [0.3, 0.4) is 0 Å². The van der Waals surface area contributed by atoms with E-state index in [2.05, 4.69) is 10.6 Å². The maximum Gasteiger partial charge on any atom is 0.230 e. The van der Waals surface area contributed by atoms with Crippen LogP contribution in [0.2, 0.25) is 0 Å². The Morgan fingerprint density at radius 1 is 1.00 bits per heavy atom. The minimum absolute atomic E-state index is 0.0564. The summed E-state index contributed by atoms with van der Waals surface area (Å²) in [7, 11) is 0. The first-order valence-electron chi connectivity index (χ1n) is 6.40. The molecule has 2 N–H and O–H groups in total. The second kappa shape index (κ2) is 3.59. The van der Waals surface area contributed by atoms with Crippen molar-refractivity contribution in [2.24, 2.45) is 10.8 Å². The Morgan fingerprint density at radius 3 is 2.00 bits per heavy atom. The molecule has 0 aromatic carbocycles. The highest BCUT2D eigenvalue weighted by Gasteiger charge is 2.46. The Morgan fingerprint density at radius 2 is 1.61 bits per heavy atom. The van der Waals surface area contributed by atoms with Gasteiger partial charge in [0.25, 0.3) is 0 Å². The summed E-state index contributed by atoms with van der Waals surface area (Å²) in [6.07, 6.45) is 3.46. The fraction of sp³-hybridized carbons (Fsp3) is 0.714. The number of allylic oxidation sites excluding steroid dienone is 1. The Kier molecular flexibility index (Phi) is 2.62. The van der Waals surface area contributed by atoms with Crippen molar-refractivity contribution in [1.29, 1.82) is 0 Å². The fourth-order valence-corrected chi connectivity index (χ4v) is 2.95. The first-order valence-corrected chi connectivity index (χ1v) is 6.40. The lowest BCUT2D eigenvalue weighted by Crippen LogP contribution is -2.37. The molecular formula is C14H22N2O2. The van der Waals surface area contributed by atoms with Gasteiger partial charge < -0.3 is 10.6 Å². The highest BCUT2D eigenvalue weighted by Crippen LogP contribution is 2.38. The average Bonchev–Trinajstić information content (AvgIpc) is 2.47. The van der Waals surface area contributed by atoms with Gasteiger partial charge in [0.1, 0.15) is 0 Å². The van der Waals surface area contributed by atoms with Crippen molar-refractivity contribution in [2.75, 3.05) is 0 Å². The van der Waals surface area contributed by atoms with E-state index in [1.165, 1.54) is 0 Å². The molecule has 2 rings (SSSR count).